The van der Waals surface area contributed by atoms with Crippen molar-refractivity contribution in [2.24, 2.45) is 23.0 Å². The van der Waals surface area contributed by atoms with E-state index in [-0.39, 0.29) is 0 Å². The molecule has 1 aliphatic carbocycles. The molecule has 0 aromatic heterocycles. The average molecular weight is 296 g/mol. The smallest absolute Gasteiger partial charge is 0.0250 e. The maximum absolute atomic E-state index is 6.48. The van der Waals surface area contributed by atoms with E-state index in [0.717, 1.165) is 11.8 Å². The molecule has 1 saturated carbocycles. The van der Waals surface area contributed by atoms with Crippen LogP contribution in [0.3, 0.4) is 0 Å². The standard InChI is InChI=1S/C18H37N3/c1-18(2,3)15-6-7-16(19)17(12-15)21-10-8-14(9-11-21)13-20(4)5/h14-17H,6-13,19H2,1-5H3. The van der Waals surface area contributed by atoms with Crippen LogP contribution >= 0.6 is 0 Å². The van der Waals surface area contributed by atoms with Crippen LogP contribution < -0.4 is 5.73 Å². The molecule has 2 rings (SSSR count). The minimum atomic E-state index is 0.397. The van der Waals surface area contributed by atoms with E-state index in [1.54, 1.807) is 0 Å². The largest absolute Gasteiger partial charge is 0.326 e. The van der Waals surface area contributed by atoms with Crippen LogP contribution in [0.25, 0.3) is 0 Å². The summed E-state index contributed by atoms with van der Waals surface area (Å²) in [5.74, 6) is 1.72. The summed E-state index contributed by atoms with van der Waals surface area (Å²) in [5, 5.41) is 0. The maximum Gasteiger partial charge on any atom is 0.0250 e. The van der Waals surface area contributed by atoms with Gasteiger partial charge in [0.05, 0.1) is 0 Å². The second kappa shape index (κ2) is 6.97. The highest BCUT2D eigenvalue weighted by Gasteiger charge is 2.38. The maximum atomic E-state index is 6.48. The monoisotopic (exact) mass is 295 g/mol. The highest BCUT2D eigenvalue weighted by molar-refractivity contribution is 4.94. The van der Waals surface area contributed by atoms with Gasteiger partial charge in [0.15, 0.2) is 0 Å². The molecule has 0 bridgehead atoms. The third-order valence-electron chi connectivity index (χ3n) is 5.83. The number of nitrogens with two attached hydrogens (primary N) is 1. The Kier molecular flexibility index (Phi) is 5.72. The van der Waals surface area contributed by atoms with Gasteiger partial charge >= 0.3 is 0 Å². The quantitative estimate of drug-likeness (QED) is 0.869. The Morgan fingerprint density at radius 3 is 2.19 bits per heavy atom. The molecule has 3 atom stereocenters. The van der Waals surface area contributed by atoms with Crippen molar-refractivity contribution in [3.63, 3.8) is 0 Å². The molecule has 0 spiro atoms. The summed E-state index contributed by atoms with van der Waals surface area (Å²) in [6.45, 7) is 11.0. The van der Waals surface area contributed by atoms with Gasteiger partial charge in [-0.25, -0.2) is 0 Å². The third kappa shape index (κ3) is 4.67. The molecule has 0 amide bonds. The van der Waals surface area contributed by atoms with Crippen molar-refractivity contribution in [1.29, 1.82) is 0 Å². The van der Waals surface area contributed by atoms with E-state index < -0.39 is 0 Å². The fourth-order valence-corrected chi connectivity index (χ4v) is 4.36. The van der Waals surface area contributed by atoms with Crippen LogP contribution in [-0.4, -0.2) is 55.6 Å². The van der Waals surface area contributed by atoms with Crippen LogP contribution in [0.4, 0.5) is 0 Å². The minimum Gasteiger partial charge on any atom is -0.326 e. The molecule has 3 nitrogen and oxygen atoms in total. The van der Waals surface area contributed by atoms with Gasteiger partial charge < -0.3 is 10.6 Å². The van der Waals surface area contributed by atoms with Crippen LogP contribution in [0.1, 0.15) is 52.9 Å². The van der Waals surface area contributed by atoms with E-state index in [2.05, 4.69) is 44.7 Å². The second-order valence-electron chi connectivity index (χ2n) is 8.85. The number of hydrogen-bond acceptors (Lipinski definition) is 3. The summed E-state index contributed by atoms with van der Waals surface area (Å²) in [5.41, 5.74) is 6.91. The lowest BCUT2D eigenvalue weighted by molar-refractivity contribution is 0.0443. The Balaban J connectivity index is 1.89. The van der Waals surface area contributed by atoms with Crippen molar-refractivity contribution < 1.29 is 0 Å². The van der Waals surface area contributed by atoms with Crippen molar-refractivity contribution in [3.05, 3.63) is 0 Å². The Morgan fingerprint density at radius 2 is 1.67 bits per heavy atom. The Morgan fingerprint density at radius 1 is 1.05 bits per heavy atom. The van der Waals surface area contributed by atoms with Crippen LogP contribution in [-0.2, 0) is 0 Å². The van der Waals surface area contributed by atoms with Gasteiger partial charge in [-0.3, -0.25) is 4.90 Å². The molecule has 1 heterocycles. The Hall–Kier alpha value is -0.120. The second-order valence-corrected chi connectivity index (χ2v) is 8.85. The van der Waals surface area contributed by atoms with E-state index in [1.807, 2.05) is 0 Å². The number of likely N-dealkylation sites (tertiary alicyclic amines) is 1. The normalized spacial score (nSPS) is 33.6. The number of rotatable bonds is 3. The zero-order valence-corrected chi connectivity index (χ0v) is 14.9. The van der Waals surface area contributed by atoms with E-state index in [9.17, 15) is 0 Å². The lowest BCUT2D eigenvalue weighted by Crippen LogP contribution is -2.54. The summed E-state index contributed by atoms with van der Waals surface area (Å²) in [6.07, 6.45) is 6.54. The van der Waals surface area contributed by atoms with Crippen molar-refractivity contribution in [1.82, 2.24) is 9.80 Å². The molecule has 2 aliphatic rings. The topological polar surface area (TPSA) is 32.5 Å². The zero-order valence-electron chi connectivity index (χ0n) is 14.9. The molecule has 1 aliphatic heterocycles. The molecule has 2 fully saturated rings. The Bertz CT molecular complexity index is 313. The van der Waals surface area contributed by atoms with Gasteiger partial charge in [0.25, 0.3) is 0 Å². The first-order valence-corrected chi connectivity index (χ1v) is 8.91. The molecule has 3 heteroatoms. The SMILES string of the molecule is CN(C)CC1CCN(C2CC(C(C)(C)C)CCC2N)CC1. The molecular formula is C18H37N3. The van der Waals surface area contributed by atoms with Crippen LogP contribution in [0, 0.1) is 17.3 Å². The number of piperidine rings is 1. The van der Waals surface area contributed by atoms with E-state index in [0.29, 0.717) is 17.5 Å². The molecule has 21 heavy (non-hydrogen) atoms. The number of hydrogen-bond donors (Lipinski definition) is 1. The van der Waals surface area contributed by atoms with Crippen LogP contribution in [0.5, 0.6) is 0 Å². The van der Waals surface area contributed by atoms with Gasteiger partial charge in [0.1, 0.15) is 0 Å². The molecule has 0 radical (unpaired) electrons. The van der Waals surface area contributed by atoms with Crippen molar-refractivity contribution >= 4 is 0 Å². The zero-order chi connectivity index (χ0) is 15.6. The van der Waals surface area contributed by atoms with Crippen molar-refractivity contribution in [3.8, 4) is 0 Å². The summed E-state index contributed by atoms with van der Waals surface area (Å²) in [6, 6.07) is 1.03. The number of nitrogens with zero attached hydrogens (tertiary/aromatic N) is 2. The molecule has 2 N–H and O–H groups in total. The fourth-order valence-electron chi connectivity index (χ4n) is 4.36. The summed E-state index contributed by atoms with van der Waals surface area (Å²) in [7, 11) is 4.38. The fraction of sp³-hybridized carbons (Fsp3) is 1.00. The van der Waals surface area contributed by atoms with Gasteiger partial charge in [-0.2, -0.15) is 0 Å². The van der Waals surface area contributed by atoms with Crippen LogP contribution in [0.2, 0.25) is 0 Å². The lowest BCUT2D eigenvalue weighted by Gasteiger charge is -2.47. The first-order chi connectivity index (χ1) is 9.77. The predicted octanol–water partition coefficient (Wildman–Crippen LogP) is 2.80. The van der Waals surface area contributed by atoms with Gasteiger partial charge in [-0.1, -0.05) is 20.8 Å². The first kappa shape index (κ1) is 17.2. The highest BCUT2D eigenvalue weighted by atomic mass is 15.2. The van der Waals surface area contributed by atoms with E-state index >= 15 is 0 Å². The first-order valence-electron chi connectivity index (χ1n) is 8.91. The van der Waals surface area contributed by atoms with Crippen molar-refractivity contribution in [2.45, 2.75) is 65.0 Å². The molecule has 3 unspecified atom stereocenters. The molecule has 0 aromatic carbocycles. The third-order valence-corrected chi connectivity index (χ3v) is 5.83. The Labute approximate surface area is 132 Å². The minimum absolute atomic E-state index is 0.397. The predicted molar refractivity (Wildman–Crippen MR) is 91.4 cm³/mol. The van der Waals surface area contributed by atoms with Gasteiger partial charge in [0.2, 0.25) is 0 Å². The molecule has 0 aromatic rings. The highest BCUT2D eigenvalue weighted by Crippen LogP contribution is 2.39. The summed E-state index contributed by atoms with van der Waals surface area (Å²) < 4.78 is 0. The summed E-state index contributed by atoms with van der Waals surface area (Å²) >= 11 is 0. The van der Waals surface area contributed by atoms with Gasteiger partial charge in [-0.15, -0.1) is 0 Å². The summed E-state index contributed by atoms with van der Waals surface area (Å²) in [4.78, 5) is 5.05. The van der Waals surface area contributed by atoms with Gasteiger partial charge in [-0.05, 0) is 76.5 Å². The molecule has 124 valence electrons. The average Bonchev–Trinajstić information content (AvgIpc) is 2.38. The van der Waals surface area contributed by atoms with Crippen LogP contribution in [0.15, 0.2) is 0 Å². The van der Waals surface area contributed by atoms with Gasteiger partial charge in [0, 0.05) is 18.6 Å². The molecule has 1 saturated heterocycles. The molecular weight excluding hydrogens is 258 g/mol. The van der Waals surface area contributed by atoms with Crippen molar-refractivity contribution in [2.75, 3.05) is 33.7 Å². The van der Waals surface area contributed by atoms with E-state index in [4.69, 9.17) is 5.73 Å². The lowest BCUT2D eigenvalue weighted by atomic mass is 9.69. The van der Waals surface area contributed by atoms with E-state index in [1.165, 1.54) is 51.7 Å².